The van der Waals surface area contributed by atoms with Gasteiger partial charge in [-0.05, 0) is 18.6 Å². The summed E-state index contributed by atoms with van der Waals surface area (Å²) in [6, 6.07) is 6.59. The minimum Gasteiger partial charge on any atom is -0.508 e. The maximum absolute atomic E-state index is 11.1. The van der Waals surface area contributed by atoms with Crippen LogP contribution in [-0.4, -0.2) is 26.0 Å². The first-order chi connectivity index (χ1) is 8.63. The fourth-order valence-electron chi connectivity index (χ4n) is 1.88. The maximum Gasteiger partial charge on any atom is 0.339 e. The molecular weight excluding hydrogens is 232 g/mol. The topological polar surface area (TPSA) is 75.3 Å². The highest BCUT2D eigenvalue weighted by atomic mass is 16.4. The average molecular weight is 246 g/mol. The highest BCUT2D eigenvalue weighted by Gasteiger charge is 2.16. The van der Waals surface area contributed by atoms with Crippen LogP contribution >= 0.6 is 0 Å². The largest absolute Gasteiger partial charge is 0.508 e. The number of aromatic hydroxyl groups is 1. The fraction of sp³-hybridized carbons (Fsp3) is 0.231. The Morgan fingerprint density at radius 3 is 2.83 bits per heavy atom. The third-order valence-electron chi connectivity index (χ3n) is 2.66. The van der Waals surface area contributed by atoms with Gasteiger partial charge in [-0.3, -0.25) is 0 Å². The van der Waals surface area contributed by atoms with E-state index in [-0.39, 0.29) is 11.3 Å². The molecule has 0 saturated carbocycles. The SMILES string of the molecule is CCCc1c(C(=O)O)cnn1-c1cccc(O)c1. The lowest BCUT2D eigenvalue weighted by Gasteiger charge is -2.07. The van der Waals surface area contributed by atoms with E-state index in [1.165, 1.54) is 6.20 Å². The van der Waals surface area contributed by atoms with E-state index in [1.54, 1.807) is 28.9 Å². The highest BCUT2D eigenvalue weighted by Crippen LogP contribution is 2.20. The number of benzene rings is 1. The number of aromatic carboxylic acids is 1. The van der Waals surface area contributed by atoms with Crippen LogP contribution in [-0.2, 0) is 6.42 Å². The standard InChI is InChI=1S/C13H14N2O3/c1-2-4-12-11(13(17)18)8-14-15(12)9-5-3-6-10(16)7-9/h3,5-8,16H,2,4H2,1H3,(H,17,18). The van der Waals surface area contributed by atoms with Crippen molar-refractivity contribution in [2.45, 2.75) is 19.8 Å². The van der Waals surface area contributed by atoms with Crippen molar-refractivity contribution in [3.63, 3.8) is 0 Å². The first kappa shape index (κ1) is 12.2. The van der Waals surface area contributed by atoms with Crippen molar-refractivity contribution < 1.29 is 15.0 Å². The highest BCUT2D eigenvalue weighted by molar-refractivity contribution is 5.88. The zero-order valence-electron chi connectivity index (χ0n) is 10.00. The Morgan fingerprint density at radius 1 is 1.44 bits per heavy atom. The maximum atomic E-state index is 11.1. The Balaban J connectivity index is 2.54. The number of nitrogens with zero attached hydrogens (tertiary/aromatic N) is 2. The zero-order chi connectivity index (χ0) is 13.1. The minimum atomic E-state index is -0.982. The Hall–Kier alpha value is -2.30. The molecule has 0 atom stereocenters. The zero-order valence-corrected chi connectivity index (χ0v) is 10.00. The Kier molecular flexibility index (Phi) is 3.32. The molecule has 1 aromatic carbocycles. The first-order valence-electron chi connectivity index (χ1n) is 5.73. The molecule has 0 aliphatic rings. The number of hydrogen-bond donors (Lipinski definition) is 2. The Bertz CT molecular complexity index is 575. The molecule has 0 unspecified atom stereocenters. The van der Waals surface area contributed by atoms with Crippen LogP contribution in [0.1, 0.15) is 29.4 Å². The van der Waals surface area contributed by atoms with Gasteiger partial charge in [-0.15, -0.1) is 0 Å². The summed E-state index contributed by atoms with van der Waals surface area (Å²) in [6.07, 6.45) is 2.79. The van der Waals surface area contributed by atoms with Crippen LogP contribution in [0.3, 0.4) is 0 Å². The third kappa shape index (κ3) is 2.20. The number of rotatable bonds is 4. The lowest BCUT2D eigenvalue weighted by molar-refractivity contribution is 0.0695. The summed E-state index contributed by atoms with van der Waals surface area (Å²) in [5.74, 6) is -0.854. The number of carbonyl (C=O) groups is 1. The van der Waals surface area contributed by atoms with Crippen molar-refractivity contribution in [1.82, 2.24) is 9.78 Å². The molecule has 0 spiro atoms. The molecule has 5 heteroatoms. The summed E-state index contributed by atoms with van der Waals surface area (Å²) in [6.45, 7) is 1.98. The van der Waals surface area contributed by atoms with Crippen LogP contribution in [0, 0.1) is 0 Å². The van der Waals surface area contributed by atoms with Crippen LogP contribution in [0.25, 0.3) is 5.69 Å². The second-order valence-corrected chi connectivity index (χ2v) is 3.99. The molecule has 2 aromatic rings. The van der Waals surface area contributed by atoms with Gasteiger partial charge in [-0.2, -0.15) is 5.10 Å². The van der Waals surface area contributed by atoms with Gasteiger partial charge in [0, 0.05) is 6.07 Å². The lowest BCUT2D eigenvalue weighted by Crippen LogP contribution is -2.06. The van der Waals surface area contributed by atoms with Gasteiger partial charge in [0.05, 0.1) is 17.6 Å². The predicted molar refractivity (Wildman–Crippen MR) is 66.2 cm³/mol. The summed E-state index contributed by atoms with van der Waals surface area (Å²) in [5, 5.41) is 22.7. The summed E-state index contributed by atoms with van der Waals surface area (Å²) in [7, 11) is 0. The summed E-state index contributed by atoms with van der Waals surface area (Å²) >= 11 is 0. The number of aromatic nitrogens is 2. The van der Waals surface area contributed by atoms with Crippen molar-refractivity contribution in [3.05, 3.63) is 41.7 Å². The second kappa shape index (κ2) is 4.91. The van der Waals surface area contributed by atoms with Gasteiger partial charge in [0.2, 0.25) is 0 Å². The van der Waals surface area contributed by atoms with Gasteiger partial charge < -0.3 is 10.2 Å². The molecule has 2 N–H and O–H groups in total. The molecule has 0 fully saturated rings. The van der Waals surface area contributed by atoms with Gasteiger partial charge in [-0.25, -0.2) is 9.48 Å². The average Bonchev–Trinajstić information content (AvgIpc) is 2.73. The number of carboxylic acid groups (broad SMARTS) is 1. The number of phenolic OH excluding ortho intramolecular Hbond substituents is 1. The quantitative estimate of drug-likeness (QED) is 0.867. The van der Waals surface area contributed by atoms with Crippen molar-refractivity contribution in [3.8, 4) is 11.4 Å². The van der Waals surface area contributed by atoms with E-state index in [4.69, 9.17) is 5.11 Å². The van der Waals surface area contributed by atoms with E-state index in [1.807, 2.05) is 6.92 Å². The van der Waals surface area contributed by atoms with Crippen molar-refractivity contribution in [2.75, 3.05) is 0 Å². The van der Waals surface area contributed by atoms with E-state index in [9.17, 15) is 9.90 Å². The smallest absolute Gasteiger partial charge is 0.339 e. The monoisotopic (exact) mass is 246 g/mol. The van der Waals surface area contributed by atoms with Crippen LogP contribution < -0.4 is 0 Å². The number of hydrogen-bond acceptors (Lipinski definition) is 3. The van der Waals surface area contributed by atoms with E-state index < -0.39 is 5.97 Å². The van der Waals surface area contributed by atoms with Crippen LogP contribution in [0.5, 0.6) is 5.75 Å². The summed E-state index contributed by atoms with van der Waals surface area (Å²) in [4.78, 5) is 11.1. The minimum absolute atomic E-state index is 0.127. The molecular formula is C13H14N2O3. The second-order valence-electron chi connectivity index (χ2n) is 3.99. The summed E-state index contributed by atoms with van der Waals surface area (Å²) < 4.78 is 1.56. The normalized spacial score (nSPS) is 10.5. The lowest BCUT2D eigenvalue weighted by atomic mass is 10.1. The molecule has 1 heterocycles. The molecule has 1 aromatic heterocycles. The van der Waals surface area contributed by atoms with E-state index in [2.05, 4.69) is 5.10 Å². The van der Waals surface area contributed by atoms with Crippen LogP contribution in [0.15, 0.2) is 30.5 Å². The molecule has 0 aliphatic heterocycles. The van der Waals surface area contributed by atoms with E-state index in [0.29, 0.717) is 17.8 Å². The van der Waals surface area contributed by atoms with Crippen molar-refractivity contribution in [1.29, 1.82) is 0 Å². The molecule has 0 bridgehead atoms. The fourth-order valence-corrected chi connectivity index (χ4v) is 1.88. The molecule has 0 saturated heterocycles. The van der Waals surface area contributed by atoms with Gasteiger partial charge in [0.25, 0.3) is 0 Å². The molecule has 0 radical (unpaired) electrons. The summed E-state index contributed by atoms with van der Waals surface area (Å²) in [5.41, 5.74) is 1.52. The molecule has 2 rings (SSSR count). The number of phenols is 1. The van der Waals surface area contributed by atoms with Gasteiger partial charge in [-0.1, -0.05) is 19.4 Å². The predicted octanol–water partition coefficient (Wildman–Crippen LogP) is 2.23. The van der Waals surface area contributed by atoms with E-state index in [0.717, 1.165) is 6.42 Å². The molecule has 18 heavy (non-hydrogen) atoms. The van der Waals surface area contributed by atoms with Crippen molar-refractivity contribution >= 4 is 5.97 Å². The Morgan fingerprint density at radius 2 is 2.22 bits per heavy atom. The first-order valence-corrected chi connectivity index (χ1v) is 5.73. The molecule has 0 aliphatic carbocycles. The van der Waals surface area contributed by atoms with Crippen molar-refractivity contribution in [2.24, 2.45) is 0 Å². The Labute approximate surface area is 104 Å². The number of carboxylic acids is 1. The molecule has 0 amide bonds. The van der Waals surface area contributed by atoms with Crippen LogP contribution in [0.4, 0.5) is 0 Å². The molecule has 5 nitrogen and oxygen atoms in total. The van der Waals surface area contributed by atoms with Gasteiger partial charge in [0.1, 0.15) is 11.3 Å². The molecule has 94 valence electrons. The van der Waals surface area contributed by atoms with Gasteiger partial charge in [0.15, 0.2) is 0 Å². The van der Waals surface area contributed by atoms with Crippen LogP contribution in [0.2, 0.25) is 0 Å². The van der Waals surface area contributed by atoms with Gasteiger partial charge >= 0.3 is 5.97 Å². The van der Waals surface area contributed by atoms with E-state index >= 15 is 0 Å². The third-order valence-corrected chi connectivity index (χ3v) is 2.66.